The number of hydrogen-bond donors (Lipinski definition) is 1. The molecule has 0 unspecified atom stereocenters. The highest BCUT2D eigenvalue weighted by atomic mass is 32.2. The Morgan fingerprint density at radius 3 is 2.00 bits per heavy atom. The number of oxime groups is 1. The summed E-state index contributed by atoms with van der Waals surface area (Å²) in [4.78, 5) is 0. The van der Waals surface area contributed by atoms with E-state index in [1.54, 1.807) is 0 Å². The lowest BCUT2D eigenvalue weighted by Crippen LogP contribution is -2.18. The van der Waals surface area contributed by atoms with Gasteiger partial charge in [0.05, 0.1) is 0 Å². The third kappa shape index (κ3) is 2.59. The summed E-state index contributed by atoms with van der Waals surface area (Å²) in [5.74, 6) is 0. The highest BCUT2D eigenvalue weighted by Gasteiger charge is 2.35. The van der Waals surface area contributed by atoms with Crippen molar-refractivity contribution in [2.45, 2.75) is 6.18 Å². The lowest BCUT2D eigenvalue weighted by Gasteiger charge is -2.02. The predicted molar refractivity (Wildman–Crippen MR) is 28.8 cm³/mol. The van der Waals surface area contributed by atoms with Crippen molar-refractivity contribution in [2.24, 2.45) is 5.16 Å². The van der Waals surface area contributed by atoms with Gasteiger partial charge in [-0.2, -0.15) is 13.2 Å². The van der Waals surface area contributed by atoms with Gasteiger partial charge in [0.2, 0.25) is 5.04 Å². The molecule has 0 aliphatic rings. The Morgan fingerprint density at radius 1 is 1.56 bits per heavy atom. The van der Waals surface area contributed by atoms with Gasteiger partial charge in [0.25, 0.3) is 0 Å². The Hall–Kier alpha value is -0.390. The van der Waals surface area contributed by atoms with Crippen molar-refractivity contribution in [3.8, 4) is 0 Å². The maximum absolute atomic E-state index is 11.4. The van der Waals surface area contributed by atoms with Gasteiger partial charge in [-0.05, 0) is 6.26 Å². The number of hydrogen-bond acceptors (Lipinski definition) is 3. The molecule has 0 fully saturated rings. The minimum absolute atomic E-state index is 0.352. The molecule has 0 amide bonds. The van der Waals surface area contributed by atoms with E-state index >= 15 is 0 Å². The molecular formula is C3H4F3NOS. The molecule has 0 saturated heterocycles. The summed E-state index contributed by atoms with van der Waals surface area (Å²) in [6.45, 7) is 0. The molecule has 6 heteroatoms. The van der Waals surface area contributed by atoms with E-state index in [0.29, 0.717) is 11.8 Å². The zero-order valence-electron chi connectivity index (χ0n) is 4.44. The lowest BCUT2D eigenvalue weighted by molar-refractivity contribution is -0.0573. The Bertz CT molecular complexity index is 121. The van der Waals surface area contributed by atoms with Gasteiger partial charge in [-0.3, -0.25) is 0 Å². The molecule has 0 heterocycles. The molecule has 0 aromatic heterocycles. The van der Waals surface area contributed by atoms with Crippen molar-refractivity contribution < 1.29 is 18.4 Å². The second-order valence-corrected chi connectivity index (χ2v) is 1.90. The zero-order chi connectivity index (χ0) is 7.49. The molecule has 9 heavy (non-hydrogen) atoms. The van der Waals surface area contributed by atoms with Crippen molar-refractivity contribution in [3.05, 3.63) is 0 Å². The Kier molecular flexibility index (Phi) is 2.83. The molecule has 1 N–H and O–H groups in total. The van der Waals surface area contributed by atoms with Gasteiger partial charge in [0.1, 0.15) is 0 Å². The number of thioether (sulfide) groups is 1. The predicted octanol–water partition coefficient (Wildman–Crippen LogP) is 1.70. The fraction of sp³-hybridized carbons (Fsp3) is 0.667. The van der Waals surface area contributed by atoms with E-state index in [1.807, 2.05) is 5.16 Å². The molecule has 54 valence electrons. The Balaban J connectivity index is 4.14. The molecule has 0 spiro atoms. The molecule has 2 nitrogen and oxygen atoms in total. The minimum atomic E-state index is -4.52. The number of nitrogens with zero attached hydrogens (tertiary/aromatic N) is 1. The normalized spacial score (nSPS) is 14.0. The van der Waals surface area contributed by atoms with E-state index in [1.165, 1.54) is 6.26 Å². The third-order valence-electron chi connectivity index (χ3n) is 0.527. The maximum atomic E-state index is 11.4. The van der Waals surface area contributed by atoms with Gasteiger partial charge in [-0.15, -0.1) is 11.8 Å². The van der Waals surface area contributed by atoms with E-state index in [-0.39, 0.29) is 0 Å². The molecule has 0 saturated carbocycles. The minimum Gasteiger partial charge on any atom is -0.410 e. The van der Waals surface area contributed by atoms with Gasteiger partial charge < -0.3 is 5.21 Å². The van der Waals surface area contributed by atoms with Crippen LogP contribution in [0.1, 0.15) is 0 Å². The molecule has 0 aromatic carbocycles. The van der Waals surface area contributed by atoms with Crippen LogP contribution in [-0.2, 0) is 0 Å². The summed E-state index contributed by atoms with van der Waals surface area (Å²) < 4.78 is 34.2. The smallest absolute Gasteiger partial charge is 0.410 e. The van der Waals surface area contributed by atoms with Crippen molar-refractivity contribution in [1.29, 1.82) is 0 Å². The van der Waals surface area contributed by atoms with Crippen LogP contribution in [0.25, 0.3) is 0 Å². The van der Waals surface area contributed by atoms with Crippen molar-refractivity contribution in [1.82, 2.24) is 0 Å². The molecule has 0 bridgehead atoms. The van der Waals surface area contributed by atoms with Crippen molar-refractivity contribution in [2.75, 3.05) is 6.26 Å². The van der Waals surface area contributed by atoms with E-state index in [4.69, 9.17) is 5.21 Å². The number of alkyl halides is 3. The quantitative estimate of drug-likeness (QED) is 0.252. The molecular weight excluding hydrogens is 155 g/mol. The van der Waals surface area contributed by atoms with Crippen LogP contribution in [0, 0.1) is 0 Å². The Morgan fingerprint density at radius 2 is 2.00 bits per heavy atom. The standard InChI is InChI=1S/C3H4F3NOS/c1-9-2(7-8)3(4,5)6/h8H,1H3. The largest absolute Gasteiger partial charge is 0.442 e. The second kappa shape index (κ2) is 2.95. The monoisotopic (exact) mass is 159 g/mol. The lowest BCUT2D eigenvalue weighted by atomic mass is 10.7. The first-order valence-corrected chi connectivity index (χ1v) is 3.08. The topological polar surface area (TPSA) is 32.6 Å². The van der Waals surface area contributed by atoms with Crippen LogP contribution < -0.4 is 0 Å². The highest BCUT2D eigenvalue weighted by Crippen LogP contribution is 2.22. The Labute approximate surface area is 53.7 Å². The van der Waals surface area contributed by atoms with Crippen LogP contribution in [-0.4, -0.2) is 22.7 Å². The molecule has 0 aromatic rings. The van der Waals surface area contributed by atoms with Crippen LogP contribution in [0.4, 0.5) is 13.2 Å². The second-order valence-electron chi connectivity index (χ2n) is 1.11. The van der Waals surface area contributed by atoms with E-state index in [2.05, 4.69) is 0 Å². The van der Waals surface area contributed by atoms with Crippen molar-refractivity contribution in [3.63, 3.8) is 0 Å². The summed E-state index contributed by atoms with van der Waals surface area (Å²) in [6.07, 6.45) is -3.34. The molecule has 0 rings (SSSR count). The average molecular weight is 159 g/mol. The molecule has 0 atom stereocenters. The van der Waals surface area contributed by atoms with Crippen molar-refractivity contribution >= 4 is 16.8 Å². The number of rotatable bonds is 0. The SMILES string of the molecule is CSC(=NO)C(F)(F)F. The summed E-state index contributed by atoms with van der Waals surface area (Å²) in [5.41, 5.74) is 0. The van der Waals surface area contributed by atoms with Gasteiger partial charge in [0, 0.05) is 0 Å². The van der Waals surface area contributed by atoms with Crippen LogP contribution in [0.3, 0.4) is 0 Å². The first kappa shape index (κ1) is 8.61. The summed E-state index contributed by atoms with van der Waals surface area (Å²) in [5, 5.41) is 8.51. The van der Waals surface area contributed by atoms with E-state index in [9.17, 15) is 13.2 Å². The van der Waals surface area contributed by atoms with E-state index < -0.39 is 11.2 Å². The summed E-state index contributed by atoms with van der Waals surface area (Å²) in [7, 11) is 0. The highest BCUT2D eigenvalue weighted by molar-refractivity contribution is 8.13. The fourth-order valence-electron chi connectivity index (χ4n) is 0.213. The van der Waals surface area contributed by atoms with Crippen LogP contribution >= 0.6 is 11.8 Å². The first-order chi connectivity index (χ1) is 4.02. The molecule has 0 radical (unpaired) electrons. The third-order valence-corrected chi connectivity index (χ3v) is 1.23. The zero-order valence-corrected chi connectivity index (χ0v) is 5.25. The summed E-state index contributed by atoms with van der Waals surface area (Å²) in [6, 6.07) is 0. The van der Waals surface area contributed by atoms with Crippen LogP contribution in [0.5, 0.6) is 0 Å². The van der Waals surface area contributed by atoms with Crippen LogP contribution in [0.2, 0.25) is 0 Å². The average Bonchev–Trinajstić information content (AvgIpc) is 1.65. The first-order valence-electron chi connectivity index (χ1n) is 1.85. The number of halogens is 3. The van der Waals surface area contributed by atoms with Gasteiger partial charge in [-0.25, -0.2) is 0 Å². The van der Waals surface area contributed by atoms with E-state index in [0.717, 1.165) is 0 Å². The van der Waals surface area contributed by atoms with Gasteiger partial charge in [-0.1, -0.05) is 5.16 Å². The molecule has 0 aliphatic heterocycles. The van der Waals surface area contributed by atoms with Gasteiger partial charge in [0.15, 0.2) is 0 Å². The molecule has 0 aliphatic carbocycles. The fourth-order valence-corrected chi connectivity index (χ4v) is 0.526. The maximum Gasteiger partial charge on any atom is 0.442 e. The van der Waals surface area contributed by atoms with Crippen LogP contribution in [0.15, 0.2) is 5.16 Å². The summed E-state index contributed by atoms with van der Waals surface area (Å²) >= 11 is 0.352. The van der Waals surface area contributed by atoms with Gasteiger partial charge >= 0.3 is 6.18 Å².